The quantitative estimate of drug-likeness (QED) is 0.437. The Labute approximate surface area is 213 Å². The molecule has 1 aromatic carbocycles. The third-order valence-corrected chi connectivity index (χ3v) is 7.70. The third kappa shape index (κ3) is 5.93. The van der Waals surface area contributed by atoms with Gasteiger partial charge in [-0.3, -0.25) is 14.6 Å². The van der Waals surface area contributed by atoms with Gasteiger partial charge in [-0.05, 0) is 55.9 Å². The molecule has 36 heavy (non-hydrogen) atoms. The van der Waals surface area contributed by atoms with E-state index in [2.05, 4.69) is 38.4 Å². The Morgan fingerprint density at radius 3 is 2.39 bits per heavy atom. The van der Waals surface area contributed by atoms with Gasteiger partial charge in [0.15, 0.2) is 0 Å². The lowest BCUT2D eigenvalue weighted by Gasteiger charge is -2.36. The number of nitrogens with zero attached hydrogens (tertiary/aromatic N) is 5. The van der Waals surface area contributed by atoms with Crippen molar-refractivity contribution in [2.75, 3.05) is 50.7 Å². The lowest BCUT2D eigenvalue weighted by Crippen LogP contribution is -2.54. The van der Waals surface area contributed by atoms with Crippen molar-refractivity contribution < 1.29 is 29.4 Å². The molecule has 0 bridgehead atoms. The summed E-state index contributed by atoms with van der Waals surface area (Å²) >= 11 is 1.58. The first-order chi connectivity index (χ1) is 17.3. The lowest BCUT2D eigenvalue weighted by atomic mass is 10.1. The number of aromatic nitrogens is 1. The van der Waals surface area contributed by atoms with Crippen molar-refractivity contribution in [3.05, 3.63) is 24.3 Å². The molecule has 3 amide bonds. The van der Waals surface area contributed by atoms with Crippen LogP contribution in [-0.2, 0) is 14.4 Å². The molecule has 194 valence electrons. The van der Waals surface area contributed by atoms with E-state index in [1.165, 1.54) is 15.0 Å². The molecule has 3 aliphatic rings. The summed E-state index contributed by atoms with van der Waals surface area (Å²) in [6.07, 6.45) is 4.42. The maximum atomic E-state index is 12.6. The van der Waals surface area contributed by atoms with Gasteiger partial charge in [-0.15, -0.1) is 0 Å². The molecule has 5 rings (SSSR count). The zero-order chi connectivity index (χ0) is 25.7. The normalized spacial score (nSPS) is 20.3. The van der Waals surface area contributed by atoms with Crippen molar-refractivity contribution in [3.63, 3.8) is 0 Å². The van der Waals surface area contributed by atoms with E-state index in [1.807, 2.05) is 4.90 Å². The first kappa shape index (κ1) is 25.8. The second-order valence-electron chi connectivity index (χ2n) is 9.17. The summed E-state index contributed by atoms with van der Waals surface area (Å²) in [4.78, 5) is 51.4. The lowest BCUT2D eigenvalue weighted by molar-refractivity contribution is -0.159. The largest absolute Gasteiger partial charge is 0.473 e. The molecule has 2 N–H and O–H groups in total. The topological polar surface area (TPSA) is 135 Å². The minimum Gasteiger partial charge on any atom is -0.473 e. The maximum absolute atomic E-state index is 12.6. The average molecular weight is 518 g/mol. The van der Waals surface area contributed by atoms with Crippen LogP contribution in [0.2, 0.25) is 0 Å². The minimum absolute atomic E-state index is 0.0206. The molecule has 3 fully saturated rings. The van der Waals surface area contributed by atoms with Crippen LogP contribution in [0.1, 0.15) is 32.1 Å². The highest BCUT2D eigenvalue weighted by molar-refractivity contribution is 7.13. The number of piperazine rings is 1. The molecule has 1 unspecified atom stereocenters. The fourth-order valence-corrected chi connectivity index (χ4v) is 5.78. The third-order valence-electron chi connectivity index (χ3n) is 6.88. The number of aliphatic carboxylic acids is 2. The van der Waals surface area contributed by atoms with Crippen molar-refractivity contribution in [1.82, 2.24) is 19.1 Å². The number of carbonyl (C=O) groups is 4. The van der Waals surface area contributed by atoms with Crippen LogP contribution in [-0.4, -0.2) is 105 Å². The number of amides is 3. The van der Waals surface area contributed by atoms with Crippen LogP contribution < -0.4 is 4.90 Å². The molecule has 0 aliphatic carbocycles. The summed E-state index contributed by atoms with van der Waals surface area (Å²) in [5.41, 5.74) is 0. The number of hydrogen-bond acceptors (Lipinski definition) is 8. The first-order valence-corrected chi connectivity index (χ1v) is 13.0. The van der Waals surface area contributed by atoms with Crippen molar-refractivity contribution in [2.24, 2.45) is 0 Å². The Kier molecular flexibility index (Phi) is 8.36. The Morgan fingerprint density at radius 1 is 0.972 bits per heavy atom. The number of urea groups is 1. The van der Waals surface area contributed by atoms with Crippen LogP contribution in [0.15, 0.2) is 24.3 Å². The number of imide groups is 1. The van der Waals surface area contributed by atoms with Crippen LogP contribution in [0, 0.1) is 0 Å². The molecule has 0 spiro atoms. The van der Waals surface area contributed by atoms with Crippen LogP contribution in [0.5, 0.6) is 0 Å². The Bertz CT molecular complexity index is 1100. The number of carbonyl (C=O) groups excluding carboxylic acids is 2. The van der Waals surface area contributed by atoms with Crippen LogP contribution in [0.3, 0.4) is 0 Å². The number of carboxylic acids is 2. The second kappa shape index (κ2) is 11.7. The van der Waals surface area contributed by atoms with Gasteiger partial charge in [0, 0.05) is 57.1 Å². The number of benzene rings is 1. The number of unbranched alkanes of at least 4 members (excludes halogenated alkanes) is 1. The SMILES string of the molecule is O=C(O)C(=O)O.O=C1CC2CCCN2C(=O)N1CCCCN1CCN(c2nsc3ccccc23)CC1. The highest BCUT2D eigenvalue weighted by Gasteiger charge is 2.40. The number of hydrogen-bond donors (Lipinski definition) is 2. The summed E-state index contributed by atoms with van der Waals surface area (Å²) < 4.78 is 5.93. The van der Waals surface area contributed by atoms with Gasteiger partial charge < -0.3 is 20.0 Å². The average Bonchev–Trinajstić information content (AvgIpc) is 3.51. The van der Waals surface area contributed by atoms with Gasteiger partial charge in [-0.1, -0.05) is 12.1 Å². The molecule has 3 saturated heterocycles. The Morgan fingerprint density at radius 2 is 1.67 bits per heavy atom. The van der Waals surface area contributed by atoms with E-state index < -0.39 is 11.9 Å². The molecule has 0 radical (unpaired) electrons. The predicted octanol–water partition coefficient (Wildman–Crippen LogP) is 2.17. The van der Waals surface area contributed by atoms with Gasteiger partial charge >= 0.3 is 18.0 Å². The zero-order valence-electron chi connectivity index (χ0n) is 20.0. The predicted molar refractivity (Wildman–Crippen MR) is 134 cm³/mol. The molecular weight excluding hydrogens is 486 g/mol. The van der Waals surface area contributed by atoms with Gasteiger partial charge in [-0.25, -0.2) is 14.4 Å². The van der Waals surface area contributed by atoms with E-state index in [1.54, 1.807) is 11.5 Å². The van der Waals surface area contributed by atoms with Gasteiger partial charge in [0.1, 0.15) is 5.82 Å². The molecule has 1 aromatic heterocycles. The van der Waals surface area contributed by atoms with E-state index >= 15 is 0 Å². The van der Waals surface area contributed by atoms with Gasteiger partial charge in [0.05, 0.1) is 4.70 Å². The molecule has 0 saturated carbocycles. The highest BCUT2D eigenvalue weighted by Crippen LogP contribution is 2.30. The zero-order valence-corrected chi connectivity index (χ0v) is 20.9. The highest BCUT2D eigenvalue weighted by atomic mass is 32.1. The molecule has 11 nitrogen and oxygen atoms in total. The summed E-state index contributed by atoms with van der Waals surface area (Å²) in [6, 6.07) is 8.54. The van der Waals surface area contributed by atoms with Crippen molar-refractivity contribution in [1.29, 1.82) is 0 Å². The van der Waals surface area contributed by atoms with E-state index in [4.69, 9.17) is 19.8 Å². The second-order valence-corrected chi connectivity index (χ2v) is 9.97. The van der Waals surface area contributed by atoms with E-state index in [0.717, 1.165) is 70.8 Å². The number of fused-ring (bicyclic) bond motifs is 2. The molecule has 3 aliphatic heterocycles. The fraction of sp³-hybridized carbons (Fsp3) is 0.542. The van der Waals surface area contributed by atoms with E-state index in [9.17, 15) is 9.59 Å². The van der Waals surface area contributed by atoms with Crippen LogP contribution >= 0.6 is 11.5 Å². The van der Waals surface area contributed by atoms with Crippen molar-refractivity contribution in [2.45, 2.75) is 38.1 Å². The number of anilines is 1. The molecule has 1 atom stereocenters. The summed E-state index contributed by atoms with van der Waals surface area (Å²) in [6.45, 7) is 6.44. The van der Waals surface area contributed by atoms with E-state index in [0.29, 0.717) is 13.0 Å². The monoisotopic (exact) mass is 517 g/mol. The first-order valence-electron chi connectivity index (χ1n) is 12.2. The molecule has 2 aromatic rings. The van der Waals surface area contributed by atoms with Crippen molar-refractivity contribution >= 4 is 51.3 Å². The Hall–Kier alpha value is -3.25. The van der Waals surface area contributed by atoms with Gasteiger partial charge in [-0.2, -0.15) is 4.37 Å². The number of rotatable bonds is 6. The maximum Gasteiger partial charge on any atom is 0.414 e. The Balaban J connectivity index is 0.000000455. The summed E-state index contributed by atoms with van der Waals surface area (Å²) in [5, 5.41) is 16.0. The molecule has 12 heteroatoms. The van der Waals surface area contributed by atoms with Gasteiger partial charge in [0.25, 0.3) is 0 Å². The summed E-state index contributed by atoms with van der Waals surface area (Å²) in [7, 11) is 0. The number of carboxylic acid groups (broad SMARTS) is 2. The molecule has 4 heterocycles. The fourth-order valence-electron chi connectivity index (χ4n) is 4.98. The summed E-state index contributed by atoms with van der Waals surface area (Å²) in [5.74, 6) is -2.50. The smallest absolute Gasteiger partial charge is 0.414 e. The minimum atomic E-state index is -1.82. The van der Waals surface area contributed by atoms with Crippen LogP contribution in [0.4, 0.5) is 10.6 Å². The van der Waals surface area contributed by atoms with Gasteiger partial charge in [0.2, 0.25) is 5.91 Å². The van der Waals surface area contributed by atoms with Crippen molar-refractivity contribution in [3.8, 4) is 0 Å². The van der Waals surface area contributed by atoms with E-state index in [-0.39, 0.29) is 18.0 Å². The van der Waals surface area contributed by atoms with Crippen LogP contribution in [0.25, 0.3) is 10.1 Å². The molecular formula is C24H31N5O6S. The standard InChI is InChI=1S/C22H29N5O2S.C2H2O4/c28-20-16-17-6-5-11-26(17)22(29)27(20)10-4-3-9-24-12-14-25(15-13-24)21-18-7-1-2-8-19(18)30-23-21;3-1(4)2(5)6/h1-2,7-8,17H,3-6,9-16H2;(H,3,4)(H,5,6).